The van der Waals surface area contributed by atoms with Crippen LogP contribution in [0.5, 0.6) is 0 Å². The van der Waals surface area contributed by atoms with Crippen molar-refractivity contribution in [1.82, 2.24) is 0 Å². The van der Waals surface area contributed by atoms with Crippen molar-refractivity contribution in [3.8, 4) is 0 Å². The molecule has 0 unspecified atom stereocenters. The third kappa shape index (κ3) is 3.93. The zero-order valence-corrected chi connectivity index (χ0v) is 17.9. The standard InChI is InChI=1S/C22H22N2O3S2/c1-15-7-8-16(2)21(13-15)29(26,27)23-18-10-9-17-5-3-11-24(19(17)14-18)22(25)20-6-4-12-28-20/h4,6-10,12-14,23H,3,5,11H2,1-2H3. The molecule has 0 radical (unpaired) electrons. The zero-order chi connectivity index (χ0) is 20.6. The topological polar surface area (TPSA) is 66.5 Å². The van der Waals surface area contributed by atoms with Gasteiger partial charge in [-0.2, -0.15) is 0 Å². The quantitative estimate of drug-likeness (QED) is 0.654. The number of thiophene rings is 1. The van der Waals surface area contributed by atoms with Crippen LogP contribution < -0.4 is 9.62 Å². The van der Waals surface area contributed by atoms with E-state index in [9.17, 15) is 13.2 Å². The van der Waals surface area contributed by atoms with Gasteiger partial charge in [0, 0.05) is 12.2 Å². The van der Waals surface area contributed by atoms with Crippen LogP contribution in [0.15, 0.2) is 58.8 Å². The van der Waals surface area contributed by atoms with Gasteiger partial charge in [0.25, 0.3) is 15.9 Å². The third-order valence-electron chi connectivity index (χ3n) is 5.07. The second-order valence-electron chi connectivity index (χ2n) is 7.26. The van der Waals surface area contributed by atoms with Crippen LogP contribution in [0.25, 0.3) is 0 Å². The number of benzene rings is 2. The van der Waals surface area contributed by atoms with Gasteiger partial charge in [-0.3, -0.25) is 9.52 Å². The third-order valence-corrected chi connectivity index (χ3v) is 7.45. The number of aryl methyl sites for hydroxylation is 3. The molecule has 0 saturated carbocycles. The van der Waals surface area contributed by atoms with Crippen LogP contribution >= 0.6 is 11.3 Å². The maximum Gasteiger partial charge on any atom is 0.268 e. The van der Waals surface area contributed by atoms with Gasteiger partial charge in [-0.25, -0.2) is 8.42 Å². The van der Waals surface area contributed by atoms with Crippen LogP contribution in [0.1, 0.15) is 32.8 Å². The molecule has 1 N–H and O–H groups in total. The first-order valence-electron chi connectivity index (χ1n) is 9.43. The zero-order valence-electron chi connectivity index (χ0n) is 16.3. The normalized spacial score (nSPS) is 13.8. The lowest BCUT2D eigenvalue weighted by molar-refractivity contribution is 0.0989. The Morgan fingerprint density at radius 2 is 1.93 bits per heavy atom. The second-order valence-corrected chi connectivity index (χ2v) is 9.85. The van der Waals surface area contributed by atoms with Crippen molar-refractivity contribution in [3.05, 3.63) is 75.5 Å². The Hall–Kier alpha value is -2.64. The summed E-state index contributed by atoms with van der Waals surface area (Å²) < 4.78 is 28.6. The molecule has 5 nitrogen and oxygen atoms in total. The predicted molar refractivity (Wildman–Crippen MR) is 117 cm³/mol. The summed E-state index contributed by atoms with van der Waals surface area (Å²) in [5.41, 5.74) is 3.85. The molecule has 0 fully saturated rings. The number of anilines is 2. The molecule has 150 valence electrons. The number of nitrogens with one attached hydrogen (secondary N) is 1. The molecule has 0 aliphatic carbocycles. The fourth-order valence-electron chi connectivity index (χ4n) is 3.59. The minimum absolute atomic E-state index is 0.0458. The highest BCUT2D eigenvalue weighted by molar-refractivity contribution is 7.92. The Morgan fingerprint density at radius 3 is 2.69 bits per heavy atom. The average molecular weight is 427 g/mol. The van der Waals surface area contributed by atoms with Gasteiger partial charge in [-0.05, 0) is 73.0 Å². The first-order valence-corrected chi connectivity index (χ1v) is 11.8. The molecule has 2 heterocycles. The van der Waals surface area contributed by atoms with E-state index in [4.69, 9.17) is 0 Å². The molecule has 1 amide bonds. The summed E-state index contributed by atoms with van der Waals surface area (Å²) in [6.07, 6.45) is 1.76. The van der Waals surface area contributed by atoms with E-state index in [1.165, 1.54) is 11.3 Å². The molecular weight excluding hydrogens is 404 g/mol. The van der Waals surface area contributed by atoms with E-state index in [2.05, 4.69) is 4.72 Å². The number of hydrogen-bond donors (Lipinski definition) is 1. The number of nitrogens with zero attached hydrogens (tertiary/aromatic N) is 1. The maximum atomic E-state index is 13.0. The van der Waals surface area contributed by atoms with Gasteiger partial charge in [-0.15, -0.1) is 11.3 Å². The molecule has 1 aromatic heterocycles. The fourth-order valence-corrected chi connectivity index (χ4v) is 5.64. The lowest BCUT2D eigenvalue weighted by atomic mass is 10.0. The number of sulfonamides is 1. The van der Waals surface area contributed by atoms with Crippen molar-refractivity contribution >= 4 is 38.6 Å². The van der Waals surface area contributed by atoms with Crippen LogP contribution in [0.2, 0.25) is 0 Å². The Labute approximate surface area is 175 Å². The van der Waals surface area contributed by atoms with Gasteiger partial charge in [0.05, 0.1) is 15.5 Å². The second kappa shape index (κ2) is 7.65. The molecule has 2 aromatic carbocycles. The van der Waals surface area contributed by atoms with E-state index in [0.717, 1.165) is 29.7 Å². The van der Waals surface area contributed by atoms with E-state index in [1.807, 2.05) is 36.6 Å². The number of fused-ring (bicyclic) bond motifs is 1. The molecule has 1 aliphatic heterocycles. The average Bonchev–Trinajstić information content (AvgIpc) is 3.23. The van der Waals surface area contributed by atoms with E-state index < -0.39 is 10.0 Å². The Bertz CT molecular complexity index is 1170. The van der Waals surface area contributed by atoms with E-state index in [-0.39, 0.29) is 10.8 Å². The first kappa shape index (κ1) is 19.7. The minimum atomic E-state index is -3.73. The van der Waals surface area contributed by atoms with Crippen molar-refractivity contribution in [2.24, 2.45) is 0 Å². The van der Waals surface area contributed by atoms with Gasteiger partial charge < -0.3 is 4.90 Å². The number of carbonyl (C=O) groups is 1. The summed E-state index contributed by atoms with van der Waals surface area (Å²) >= 11 is 1.41. The Balaban J connectivity index is 1.68. The van der Waals surface area contributed by atoms with E-state index in [0.29, 0.717) is 22.7 Å². The number of hydrogen-bond acceptors (Lipinski definition) is 4. The van der Waals surface area contributed by atoms with Crippen molar-refractivity contribution in [2.45, 2.75) is 31.6 Å². The summed E-state index contributed by atoms with van der Waals surface area (Å²) in [4.78, 5) is 15.6. The summed E-state index contributed by atoms with van der Waals surface area (Å²) in [5, 5.41) is 1.88. The van der Waals surface area contributed by atoms with Crippen LogP contribution in [0.3, 0.4) is 0 Å². The summed E-state index contributed by atoms with van der Waals surface area (Å²) in [5.74, 6) is -0.0458. The van der Waals surface area contributed by atoms with Crippen molar-refractivity contribution in [2.75, 3.05) is 16.2 Å². The molecule has 0 spiro atoms. The molecule has 0 bridgehead atoms. The van der Waals surface area contributed by atoms with Crippen LogP contribution in [0, 0.1) is 13.8 Å². The smallest absolute Gasteiger partial charge is 0.268 e. The minimum Gasteiger partial charge on any atom is -0.307 e. The van der Waals surface area contributed by atoms with Gasteiger partial charge >= 0.3 is 0 Å². The Kier molecular flexibility index (Phi) is 5.19. The van der Waals surface area contributed by atoms with E-state index in [1.54, 1.807) is 36.1 Å². The highest BCUT2D eigenvalue weighted by atomic mass is 32.2. The molecule has 4 rings (SSSR count). The largest absolute Gasteiger partial charge is 0.307 e. The predicted octanol–water partition coefficient (Wildman–Crippen LogP) is 4.76. The van der Waals surface area contributed by atoms with Crippen LogP contribution in [-0.2, 0) is 16.4 Å². The van der Waals surface area contributed by atoms with Gasteiger partial charge in [0.1, 0.15) is 0 Å². The highest BCUT2D eigenvalue weighted by Gasteiger charge is 2.25. The number of rotatable bonds is 4. The maximum absolute atomic E-state index is 13.0. The molecule has 29 heavy (non-hydrogen) atoms. The summed E-state index contributed by atoms with van der Waals surface area (Å²) in [6.45, 7) is 4.27. The lowest BCUT2D eigenvalue weighted by Crippen LogP contribution is -2.35. The fraction of sp³-hybridized carbons (Fsp3) is 0.227. The van der Waals surface area contributed by atoms with Gasteiger partial charge in [0.2, 0.25) is 0 Å². The molecule has 0 atom stereocenters. The molecule has 0 saturated heterocycles. The van der Waals surface area contributed by atoms with Crippen molar-refractivity contribution in [1.29, 1.82) is 0 Å². The lowest BCUT2D eigenvalue weighted by Gasteiger charge is -2.29. The van der Waals surface area contributed by atoms with Crippen LogP contribution in [0.4, 0.5) is 11.4 Å². The van der Waals surface area contributed by atoms with Gasteiger partial charge in [-0.1, -0.05) is 24.3 Å². The monoisotopic (exact) mass is 426 g/mol. The highest BCUT2D eigenvalue weighted by Crippen LogP contribution is 2.33. The first-order chi connectivity index (χ1) is 13.8. The van der Waals surface area contributed by atoms with Crippen molar-refractivity contribution < 1.29 is 13.2 Å². The van der Waals surface area contributed by atoms with Crippen LogP contribution in [-0.4, -0.2) is 20.9 Å². The molecule has 3 aromatic rings. The van der Waals surface area contributed by atoms with Crippen molar-refractivity contribution in [3.63, 3.8) is 0 Å². The summed E-state index contributed by atoms with van der Waals surface area (Å²) in [6, 6.07) is 14.5. The SMILES string of the molecule is Cc1ccc(C)c(S(=O)(=O)Nc2ccc3c(c2)N(C(=O)c2cccs2)CCC3)c1. The number of amides is 1. The Morgan fingerprint density at radius 1 is 1.10 bits per heavy atom. The molecule has 1 aliphatic rings. The van der Waals surface area contributed by atoms with Gasteiger partial charge in [0.15, 0.2) is 0 Å². The summed E-state index contributed by atoms with van der Waals surface area (Å²) in [7, 11) is -3.73. The van der Waals surface area contributed by atoms with E-state index >= 15 is 0 Å². The molecular formula is C22H22N2O3S2. The molecule has 7 heteroatoms. The number of carbonyl (C=O) groups excluding carboxylic acids is 1.